The first-order chi connectivity index (χ1) is 9.53. The summed E-state index contributed by atoms with van der Waals surface area (Å²) in [6, 6.07) is 6.05. The number of thiazole rings is 1. The molecule has 0 spiro atoms. The lowest BCUT2D eigenvalue weighted by Gasteiger charge is -2.06. The van der Waals surface area contributed by atoms with Gasteiger partial charge in [0, 0.05) is 23.6 Å². The van der Waals surface area contributed by atoms with E-state index in [1.54, 1.807) is 30.6 Å². The summed E-state index contributed by atoms with van der Waals surface area (Å²) in [6.07, 6.45) is 1.96. The van der Waals surface area contributed by atoms with Crippen LogP contribution in [-0.4, -0.2) is 19.2 Å². The third kappa shape index (κ3) is 3.50. The molecule has 7 heteroatoms. The standard InChI is InChI=1S/C13H14N2O3S2/c1-2-12(16)10-4-3-5-11(8-10)20(17,18)15-9-13-14-6-7-19-13/h3-8,15H,2,9H2,1H3. The molecule has 20 heavy (non-hydrogen) atoms. The number of rotatable bonds is 6. The van der Waals surface area contributed by atoms with E-state index in [0.29, 0.717) is 17.0 Å². The summed E-state index contributed by atoms with van der Waals surface area (Å²) in [7, 11) is -3.64. The molecule has 0 unspecified atom stereocenters. The van der Waals surface area contributed by atoms with Gasteiger partial charge in [-0.15, -0.1) is 11.3 Å². The van der Waals surface area contributed by atoms with Crippen LogP contribution in [0.1, 0.15) is 28.7 Å². The Balaban J connectivity index is 2.18. The molecule has 0 amide bonds. The second-order valence-corrected chi connectivity index (χ2v) is 6.80. The summed E-state index contributed by atoms with van der Waals surface area (Å²) in [5.74, 6) is -0.0815. The molecule has 1 aromatic carbocycles. The maximum Gasteiger partial charge on any atom is 0.240 e. The van der Waals surface area contributed by atoms with Crippen LogP contribution in [0.25, 0.3) is 0 Å². The van der Waals surface area contributed by atoms with Crippen molar-refractivity contribution in [2.24, 2.45) is 0 Å². The minimum Gasteiger partial charge on any atom is -0.294 e. The third-order valence-electron chi connectivity index (χ3n) is 2.68. The summed E-state index contributed by atoms with van der Waals surface area (Å²) >= 11 is 1.38. The summed E-state index contributed by atoms with van der Waals surface area (Å²) in [5.41, 5.74) is 0.407. The Hall–Kier alpha value is -1.57. The molecule has 2 aromatic rings. The van der Waals surface area contributed by atoms with Crippen molar-refractivity contribution in [2.45, 2.75) is 24.8 Å². The van der Waals surface area contributed by atoms with E-state index in [1.165, 1.54) is 23.5 Å². The fourth-order valence-electron chi connectivity index (χ4n) is 1.62. The van der Waals surface area contributed by atoms with E-state index in [-0.39, 0.29) is 17.2 Å². The number of hydrogen-bond acceptors (Lipinski definition) is 5. The summed E-state index contributed by atoms with van der Waals surface area (Å²) < 4.78 is 26.8. The molecule has 1 heterocycles. The number of sulfonamides is 1. The number of Topliss-reactive ketones (excluding diaryl/α,β-unsaturated/α-hetero) is 1. The summed E-state index contributed by atoms with van der Waals surface area (Å²) in [4.78, 5) is 15.7. The van der Waals surface area contributed by atoms with Gasteiger partial charge in [-0.2, -0.15) is 0 Å². The Bertz CT molecular complexity index is 694. The van der Waals surface area contributed by atoms with Crippen LogP contribution >= 0.6 is 11.3 Å². The van der Waals surface area contributed by atoms with Gasteiger partial charge in [0.1, 0.15) is 5.01 Å². The fraction of sp³-hybridized carbons (Fsp3) is 0.231. The number of ketones is 1. The highest BCUT2D eigenvalue weighted by Crippen LogP contribution is 2.14. The SMILES string of the molecule is CCC(=O)c1cccc(S(=O)(=O)NCc2nccs2)c1. The van der Waals surface area contributed by atoms with Crippen molar-refractivity contribution in [1.29, 1.82) is 0 Å². The Labute approximate surface area is 121 Å². The first-order valence-corrected chi connectivity index (χ1v) is 8.40. The molecule has 106 valence electrons. The first-order valence-electron chi connectivity index (χ1n) is 6.04. The number of nitrogens with zero attached hydrogens (tertiary/aromatic N) is 1. The lowest BCUT2D eigenvalue weighted by atomic mass is 10.1. The predicted octanol–water partition coefficient (Wildman–Crippen LogP) is 2.21. The summed E-state index contributed by atoms with van der Waals surface area (Å²) in [6.45, 7) is 1.89. The second kappa shape index (κ2) is 6.25. The molecule has 5 nitrogen and oxygen atoms in total. The van der Waals surface area contributed by atoms with Crippen molar-refractivity contribution in [2.75, 3.05) is 0 Å². The smallest absolute Gasteiger partial charge is 0.240 e. The van der Waals surface area contributed by atoms with Gasteiger partial charge in [0.2, 0.25) is 10.0 Å². The number of carbonyl (C=O) groups is 1. The molecule has 0 fully saturated rings. The summed E-state index contributed by atoms with van der Waals surface area (Å²) in [5, 5.41) is 2.47. The highest BCUT2D eigenvalue weighted by atomic mass is 32.2. The van der Waals surface area contributed by atoms with Crippen molar-refractivity contribution < 1.29 is 13.2 Å². The molecule has 0 bridgehead atoms. The van der Waals surface area contributed by atoms with Gasteiger partial charge in [-0.1, -0.05) is 19.1 Å². The minimum absolute atomic E-state index is 0.0815. The quantitative estimate of drug-likeness (QED) is 0.830. The lowest BCUT2D eigenvalue weighted by Crippen LogP contribution is -2.23. The molecular weight excluding hydrogens is 296 g/mol. The zero-order chi connectivity index (χ0) is 14.6. The van der Waals surface area contributed by atoms with Crippen molar-refractivity contribution in [3.63, 3.8) is 0 Å². The average molecular weight is 310 g/mol. The molecule has 0 saturated heterocycles. The molecule has 1 aromatic heterocycles. The van der Waals surface area contributed by atoms with Gasteiger partial charge in [0.25, 0.3) is 0 Å². The lowest BCUT2D eigenvalue weighted by molar-refractivity contribution is 0.0988. The Kier molecular flexibility index (Phi) is 4.64. The zero-order valence-corrected chi connectivity index (χ0v) is 12.5. The van der Waals surface area contributed by atoms with E-state index in [0.717, 1.165) is 0 Å². The molecule has 1 N–H and O–H groups in total. The predicted molar refractivity (Wildman–Crippen MR) is 77.2 cm³/mol. The topological polar surface area (TPSA) is 76.1 Å². The van der Waals surface area contributed by atoms with Crippen LogP contribution in [0.15, 0.2) is 40.7 Å². The molecule has 0 aliphatic heterocycles. The molecule has 2 rings (SSSR count). The first kappa shape index (κ1) is 14.8. The van der Waals surface area contributed by atoms with Crippen LogP contribution in [0.3, 0.4) is 0 Å². The minimum atomic E-state index is -3.64. The highest BCUT2D eigenvalue weighted by Gasteiger charge is 2.16. The van der Waals surface area contributed by atoms with Gasteiger partial charge in [-0.25, -0.2) is 18.1 Å². The van der Waals surface area contributed by atoms with Gasteiger partial charge in [-0.05, 0) is 12.1 Å². The molecular formula is C13H14N2O3S2. The van der Waals surface area contributed by atoms with Crippen molar-refractivity contribution in [1.82, 2.24) is 9.71 Å². The number of benzene rings is 1. The number of carbonyl (C=O) groups excluding carboxylic acids is 1. The van der Waals surface area contributed by atoms with Crippen molar-refractivity contribution in [3.8, 4) is 0 Å². The molecule has 0 radical (unpaired) electrons. The average Bonchev–Trinajstić information content (AvgIpc) is 2.98. The molecule has 0 aliphatic carbocycles. The fourth-order valence-corrected chi connectivity index (χ4v) is 3.30. The van der Waals surface area contributed by atoms with Gasteiger partial charge in [0.15, 0.2) is 5.78 Å². The zero-order valence-electron chi connectivity index (χ0n) is 10.9. The van der Waals surface area contributed by atoms with E-state index >= 15 is 0 Å². The van der Waals surface area contributed by atoms with Crippen LogP contribution in [0.4, 0.5) is 0 Å². The number of nitrogens with one attached hydrogen (secondary N) is 1. The Morgan fingerprint density at radius 1 is 1.40 bits per heavy atom. The second-order valence-electron chi connectivity index (χ2n) is 4.05. The van der Waals surface area contributed by atoms with Gasteiger partial charge in [0.05, 0.1) is 11.4 Å². The van der Waals surface area contributed by atoms with E-state index in [9.17, 15) is 13.2 Å². The number of hydrogen-bond donors (Lipinski definition) is 1. The van der Waals surface area contributed by atoms with Gasteiger partial charge in [-0.3, -0.25) is 4.79 Å². The van der Waals surface area contributed by atoms with Crippen LogP contribution in [0.5, 0.6) is 0 Å². The van der Waals surface area contributed by atoms with E-state index < -0.39 is 10.0 Å². The van der Waals surface area contributed by atoms with Crippen LogP contribution in [-0.2, 0) is 16.6 Å². The highest BCUT2D eigenvalue weighted by molar-refractivity contribution is 7.89. The maximum absolute atomic E-state index is 12.1. The van der Waals surface area contributed by atoms with Crippen molar-refractivity contribution >= 4 is 27.1 Å². The Morgan fingerprint density at radius 2 is 2.20 bits per heavy atom. The van der Waals surface area contributed by atoms with Gasteiger partial charge < -0.3 is 0 Å². The van der Waals surface area contributed by atoms with E-state index in [1.807, 2.05) is 0 Å². The van der Waals surface area contributed by atoms with Gasteiger partial charge >= 0.3 is 0 Å². The Morgan fingerprint density at radius 3 is 2.85 bits per heavy atom. The number of aromatic nitrogens is 1. The van der Waals surface area contributed by atoms with Crippen LogP contribution in [0.2, 0.25) is 0 Å². The van der Waals surface area contributed by atoms with E-state index in [2.05, 4.69) is 9.71 Å². The largest absolute Gasteiger partial charge is 0.294 e. The normalized spacial score (nSPS) is 11.4. The third-order valence-corrected chi connectivity index (χ3v) is 4.86. The maximum atomic E-state index is 12.1. The van der Waals surface area contributed by atoms with E-state index in [4.69, 9.17) is 0 Å². The molecule has 0 aliphatic rings. The van der Waals surface area contributed by atoms with Crippen LogP contribution in [0, 0.1) is 0 Å². The molecule has 0 atom stereocenters. The monoisotopic (exact) mass is 310 g/mol. The van der Waals surface area contributed by atoms with Crippen molar-refractivity contribution in [3.05, 3.63) is 46.4 Å². The van der Waals surface area contributed by atoms with Crippen LogP contribution < -0.4 is 4.72 Å². The molecule has 0 saturated carbocycles.